The van der Waals surface area contributed by atoms with Crippen molar-refractivity contribution in [3.63, 3.8) is 0 Å². The van der Waals surface area contributed by atoms with Crippen LogP contribution >= 0.6 is 11.8 Å². The molecule has 1 amide bonds. The first kappa shape index (κ1) is 17.0. The summed E-state index contributed by atoms with van der Waals surface area (Å²) in [5, 5.41) is 22.6. The highest BCUT2D eigenvalue weighted by atomic mass is 32.2. The summed E-state index contributed by atoms with van der Waals surface area (Å²) in [6, 6.07) is 7.09. The van der Waals surface area contributed by atoms with E-state index >= 15 is 0 Å². The Balaban J connectivity index is 2.43. The van der Waals surface area contributed by atoms with Crippen LogP contribution in [0, 0.1) is 11.3 Å². The zero-order chi connectivity index (χ0) is 17.0. The highest BCUT2D eigenvalue weighted by molar-refractivity contribution is 8.03. The van der Waals surface area contributed by atoms with E-state index in [0.29, 0.717) is 22.1 Å². The number of benzene rings is 1. The van der Waals surface area contributed by atoms with Gasteiger partial charge in [-0.25, -0.2) is 0 Å². The van der Waals surface area contributed by atoms with Gasteiger partial charge in [-0.1, -0.05) is 18.2 Å². The van der Waals surface area contributed by atoms with Gasteiger partial charge in [-0.2, -0.15) is 5.26 Å². The lowest BCUT2D eigenvalue weighted by molar-refractivity contribution is -0.120. The number of nitrogens with zero attached hydrogens (tertiary/aromatic N) is 1. The van der Waals surface area contributed by atoms with Gasteiger partial charge in [0.15, 0.2) is 11.5 Å². The van der Waals surface area contributed by atoms with Gasteiger partial charge < -0.3 is 15.2 Å². The van der Waals surface area contributed by atoms with Gasteiger partial charge in [-0.3, -0.25) is 4.79 Å². The van der Waals surface area contributed by atoms with Crippen LogP contribution in [0.2, 0.25) is 0 Å². The normalized spacial score (nSPS) is 17.4. The van der Waals surface area contributed by atoms with Gasteiger partial charge in [0, 0.05) is 18.1 Å². The number of thioether (sulfide) groups is 1. The highest BCUT2D eigenvalue weighted by Gasteiger charge is 2.30. The van der Waals surface area contributed by atoms with Gasteiger partial charge in [0.2, 0.25) is 5.91 Å². The van der Waals surface area contributed by atoms with Crippen LogP contribution in [0.25, 0.3) is 0 Å². The van der Waals surface area contributed by atoms with Crippen LogP contribution in [-0.2, 0) is 4.79 Å². The van der Waals surface area contributed by atoms with E-state index in [2.05, 4.69) is 18.0 Å². The summed E-state index contributed by atoms with van der Waals surface area (Å²) < 4.78 is 5.11. The Morgan fingerprint density at radius 3 is 2.96 bits per heavy atom. The summed E-state index contributed by atoms with van der Waals surface area (Å²) in [6.45, 7) is 5.73. The van der Waals surface area contributed by atoms with Crippen LogP contribution in [0.1, 0.15) is 24.8 Å². The number of amides is 1. The topological polar surface area (TPSA) is 82.3 Å². The van der Waals surface area contributed by atoms with Crippen molar-refractivity contribution >= 4 is 17.7 Å². The Morgan fingerprint density at radius 2 is 2.35 bits per heavy atom. The number of nitrogens with one attached hydrogen (secondary N) is 1. The minimum Gasteiger partial charge on any atom is -0.504 e. The molecule has 5 nitrogen and oxygen atoms in total. The number of carbonyl (C=O) groups excluding carboxylic acids is 1. The minimum absolute atomic E-state index is 0.0240. The standard InChI is InChI=1S/C17H18N2O3S/c1-10(2)9-23-17-13(8-18)12(7-16(21)19-17)11-4-5-14(20)15(6-11)22-3/h4-6,12,20H,1,7,9H2,2-3H3,(H,19,21)/t12-/m1/s1. The molecule has 1 aromatic carbocycles. The number of carbonyl (C=O) groups is 1. The van der Waals surface area contributed by atoms with Gasteiger partial charge in [0.25, 0.3) is 0 Å². The third-order valence-electron chi connectivity index (χ3n) is 3.43. The molecule has 0 saturated heterocycles. The van der Waals surface area contributed by atoms with E-state index in [4.69, 9.17) is 4.74 Å². The van der Waals surface area contributed by atoms with Crippen LogP contribution in [0.3, 0.4) is 0 Å². The lowest BCUT2D eigenvalue weighted by atomic mass is 9.87. The molecule has 0 aromatic heterocycles. The van der Waals surface area contributed by atoms with Crippen molar-refractivity contribution in [2.45, 2.75) is 19.3 Å². The maximum atomic E-state index is 12.0. The van der Waals surface area contributed by atoms with Gasteiger partial charge in [0.1, 0.15) is 0 Å². The SMILES string of the molecule is C=C(C)CSC1=C(C#N)[C@@H](c2ccc(O)c(OC)c2)CC(=O)N1. The summed E-state index contributed by atoms with van der Waals surface area (Å²) in [5.41, 5.74) is 2.24. The molecule has 6 heteroatoms. The second kappa shape index (κ2) is 7.25. The fourth-order valence-corrected chi connectivity index (χ4v) is 3.24. The Morgan fingerprint density at radius 1 is 1.61 bits per heavy atom. The van der Waals surface area contributed by atoms with Crippen molar-refractivity contribution in [1.29, 1.82) is 5.26 Å². The van der Waals surface area contributed by atoms with E-state index in [1.54, 1.807) is 12.1 Å². The first-order valence-corrected chi connectivity index (χ1v) is 8.03. The van der Waals surface area contributed by atoms with E-state index in [1.807, 2.05) is 6.92 Å². The summed E-state index contributed by atoms with van der Waals surface area (Å²) in [7, 11) is 1.46. The number of nitriles is 1. The van der Waals surface area contributed by atoms with Crippen molar-refractivity contribution < 1.29 is 14.6 Å². The minimum atomic E-state index is -0.351. The predicted molar refractivity (Wildman–Crippen MR) is 90.1 cm³/mol. The molecule has 1 aromatic rings. The number of phenolic OH excluding ortho intramolecular Hbond substituents is 1. The fourth-order valence-electron chi connectivity index (χ4n) is 2.32. The van der Waals surface area contributed by atoms with Crippen LogP contribution in [0.15, 0.2) is 41.0 Å². The molecule has 0 spiro atoms. The molecule has 0 fully saturated rings. The number of hydrogen-bond donors (Lipinski definition) is 2. The molecule has 1 aliphatic rings. The lowest BCUT2D eigenvalue weighted by Crippen LogP contribution is -2.31. The predicted octanol–water partition coefficient (Wildman–Crippen LogP) is 3.05. The van der Waals surface area contributed by atoms with Gasteiger partial charge in [-0.05, 0) is 24.6 Å². The number of aromatic hydroxyl groups is 1. The molecule has 1 atom stereocenters. The summed E-state index contributed by atoms with van der Waals surface area (Å²) in [4.78, 5) is 12.0. The van der Waals surface area contributed by atoms with Crippen molar-refractivity contribution in [3.05, 3.63) is 46.5 Å². The molecule has 0 bridgehead atoms. The van der Waals surface area contributed by atoms with E-state index in [9.17, 15) is 15.2 Å². The molecule has 0 saturated carbocycles. The summed E-state index contributed by atoms with van der Waals surface area (Å²) >= 11 is 1.40. The van der Waals surface area contributed by atoms with E-state index < -0.39 is 0 Å². The van der Waals surface area contributed by atoms with Gasteiger partial charge >= 0.3 is 0 Å². The molecule has 2 N–H and O–H groups in total. The average Bonchev–Trinajstić information content (AvgIpc) is 2.52. The van der Waals surface area contributed by atoms with Gasteiger partial charge in [0.05, 0.1) is 23.8 Å². The molecular weight excluding hydrogens is 312 g/mol. The maximum absolute atomic E-state index is 12.0. The van der Waals surface area contributed by atoms with E-state index in [-0.39, 0.29) is 24.0 Å². The van der Waals surface area contributed by atoms with Crippen LogP contribution in [0.5, 0.6) is 11.5 Å². The third kappa shape index (κ3) is 3.88. The van der Waals surface area contributed by atoms with Crippen molar-refractivity contribution in [2.24, 2.45) is 0 Å². The van der Waals surface area contributed by atoms with Gasteiger partial charge in [-0.15, -0.1) is 11.8 Å². The number of hydrogen-bond acceptors (Lipinski definition) is 5. The Hall–Kier alpha value is -2.39. The first-order valence-electron chi connectivity index (χ1n) is 7.04. The lowest BCUT2D eigenvalue weighted by Gasteiger charge is -2.25. The number of ether oxygens (including phenoxy) is 1. The molecule has 2 rings (SSSR count). The largest absolute Gasteiger partial charge is 0.504 e. The molecule has 1 aliphatic heterocycles. The fraction of sp³-hybridized carbons (Fsp3) is 0.294. The van der Waals surface area contributed by atoms with Crippen LogP contribution < -0.4 is 10.1 Å². The average molecular weight is 330 g/mol. The quantitative estimate of drug-likeness (QED) is 0.811. The molecule has 0 radical (unpaired) electrons. The Labute approximate surface area is 139 Å². The van der Waals surface area contributed by atoms with E-state index in [0.717, 1.165) is 11.1 Å². The highest BCUT2D eigenvalue weighted by Crippen LogP contribution is 2.39. The molecule has 120 valence electrons. The van der Waals surface area contributed by atoms with Crippen LogP contribution in [-0.4, -0.2) is 23.9 Å². The second-order valence-corrected chi connectivity index (χ2v) is 6.32. The monoisotopic (exact) mass is 330 g/mol. The maximum Gasteiger partial charge on any atom is 0.225 e. The molecule has 0 aliphatic carbocycles. The number of phenols is 1. The molecule has 1 heterocycles. The third-order valence-corrected chi connectivity index (χ3v) is 4.67. The Bertz CT molecular complexity index is 719. The molecule has 23 heavy (non-hydrogen) atoms. The zero-order valence-corrected chi connectivity index (χ0v) is 13.9. The van der Waals surface area contributed by atoms with Crippen molar-refractivity contribution in [2.75, 3.05) is 12.9 Å². The van der Waals surface area contributed by atoms with E-state index in [1.165, 1.54) is 24.9 Å². The molecular formula is C17H18N2O3S. The first-order chi connectivity index (χ1) is 11.0. The number of rotatable bonds is 5. The Kier molecular flexibility index (Phi) is 5.35. The van der Waals surface area contributed by atoms with Crippen LogP contribution in [0.4, 0.5) is 0 Å². The smallest absolute Gasteiger partial charge is 0.225 e. The summed E-state index contributed by atoms with van der Waals surface area (Å²) in [5.74, 6) is 0.491. The number of allylic oxidation sites excluding steroid dienone is 1. The number of methoxy groups -OCH3 is 1. The summed E-state index contributed by atoms with van der Waals surface area (Å²) in [6.07, 6.45) is 0.188. The zero-order valence-electron chi connectivity index (χ0n) is 13.0. The molecule has 0 unspecified atom stereocenters. The van der Waals surface area contributed by atoms with Crippen molar-refractivity contribution in [3.8, 4) is 17.6 Å². The second-order valence-electron chi connectivity index (χ2n) is 5.34. The van der Waals surface area contributed by atoms with Crippen molar-refractivity contribution in [1.82, 2.24) is 5.32 Å².